The molecule has 0 bridgehead atoms. The van der Waals surface area contributed by atoms with Gasteiger partial charge in [0.15, 0.2) is 6.54 Å². The van der Waals surface area contributed by atoms with Crippen molar-refractivity contribution in [3.05, 3.63) is 0 Å². The highest BCUT2D eigenvalue weighted by molar-refractivity contribution is 5.67. The van der Waals surface area contributed by atoms with E-state index in [0.29, 0.717) is 6.54 Å². The van der Waals surface area contributed by atoms with Crippen molar-refractivity contribution in [3.63, 3.8) is 0 Å². The lowest BCUT2D eigenvalue weighted by atomic mass is 10.1. The average Bonchev–Trinajstić information content (AvgIpc) is 1.85. The monoisotopic (exact) mass is 175 g/mol. The van der Waals surface area contributed by atoms with Crippen molar-refractivity contribution >= 4 is 5.97 Å². The van der Waals surface area contributed by atoms with Gasteiger partial charge in [0.25, 0.3) is 0 Å². The van der Waals surface area contributed by atoms with Crippen LogP contribution in [0.25, 0.3) is 0 Å². The molecule has 4 heteroatoms. The average molecular weight is 175 g/mol. The van der Waals surface area contributed by atoms with Crippen LogP contribution in [-0.4, -0.2) is 47.7 Å². The highest BCUT2D eigenvalue weighted by Crippen LogP contribution is 2.15. The SMILES string of the molecule is C[N+]1(CC(=O)O)CCCCC1.[OH-]. The standard InChI is InChI=1S/C8H15NO2.H2O/c1-9(7-8(10)11)5-3-2-4-6-9;/h2-7H2,1H3;1H2. The van der Waals surface area contributed by atoms with Crippen LogP contribution >= 0.6 is 0 Å². The molecule has 0 atom stereocenters. The molecule has 1 fully saturated rings. The Morgan fingerprint density at radius 1 is 1.33 bits per heavy atom. The number of piperidine rings is 1. The molecule has 0 aromatic rings. The van der Waals surface area contributed by atoms with Crippen molar-refractivity contribution < 1.29 is 19.9 Å². The summed E-state index contributed by atoms with van der Waals surface area (Å²) in [6, 6.07) is 0. The minimum absolute atomic E-state index is 0. The van der Waals surface area contributed by atoms with Crippen LogP contribution in [0, 0.1) is 0 Å². The summed E-state index contributed by atoms with van der Waals surface area (Å²) in [6.07, 6.45) is 3.64. The maximum absolute atomic E-state index is 10.5. The minimum atomic E-state index is -0.672. The second-order valence-electron chi connectivity index (χ2n) is 3.68. The van der Waals surface area contributed by atoms with E-state index in [4.69, 9.17) is 5.11 Å². The first-order valence-electron chi connectivity index (χ1n) is 4.18. The molecule has 1 saturated heterocycles. The Hall–Kier alpha value is -0.610. The zero-order chi connectivity index (χ0) is 8.32. The van der Waals surface area contributed by atoms with Gasteiger partial charge < -0.3 is 15.1 Å². The Labute approximate surface area is 72.7 Å². The molecule has 0 spiro atoms. The van der Waals surface area contributed by atoms with Crippen molar-refractivity contribution in [1.82, 2.24) is 0 Å². The molecule has 0 aliphatic carbocycles. The highest BCUT2D eigenvalue weighted by Gasteiger charge is 2.26. The molecule has 0 saturated carbocycles. The molecule has 1 heterocycles. The Balaban J connectivity index is 0.00000121. The topological polar surface area (TPSA) is 67.3 Å². The Bertz CT molecular complexity index is 152. The number of carboxylic acids is 1. The van der Waals surface area contributed by atoms with Crippen molar-refractivity contribution in [3.8, 4) is 0 Å². The summed E-state index contributed by atoms with van der Waals surface area (Å²) < 4.78 is 0.731. The van der Waals surface area contributed by atoms with Gasteiger partial charge in [0.2, 0.25) is 0 Å². The van der Waals surface area contributed by atoms with E-state index in [2.05, 4.69) is 0 Å². The highest BCUT2D eigenvalue weighted by atomic mass is 16.4. The lowest BCUT2D eigenvalue weighted by Gasteiger charge is -2.36. The summed E-state index contributed by atoms with van der Waals surface area (Å²) in [5.74, 6) is -0.672. The van der Waals surface area contributed by atoms with Gasteiger partial charge in [-0.1, -0.05) is 0 Å². The number of aliphatic carboxylic acids is 1. The summed E-state index contributed by atoms with van der Waals surface area (Å²) >= 11 is 0. The Kier molecular flexibility index (Phi) is 4.20. The summed E-state index contributed by atoms with van der Waals surface area (Å²) in [7, 11) is 2.04. The van der Waals surface area contributed by atoms with Gasteiger partial charge in [-0.3, -0.25) is 0 Å². The lowest BCUT2D eigenvalue weighted by molar-refractivity contribution is -0.907. The van der Waals surface area contributed by atoms with Crippen LogP contribution < -0.4 is 0 Å². The molecule has 1 rings (SSSR count). The fourth-order valence-corrected chi connectivity index (χ4v) is 1.76. The van der Waals surface area contributed by atoms with Crippen molar-refractivity contribution in [1.29, 1.82) is 0 Å². The Morgan fingerprint density at radius 3 is 2.25 bits per heavy atom. The van der Waals surface area contributed by atoms with Crippen LogP contribution in [0.2, 0.25) is 0 Å². The largest absolute Gasteiger partial charge is 0.870 e. The summed E-state index contributed by atoms with van der Waals surface area (Å²) in [4.78, 5) is 10.5. The smallest absolute Gasteiger partial charge is 0.359 e. The molecule has 1 aliphatic heterocycles. The first kappa shape index (κ1) is 11.4. The fraction of sp³-hybridized carbons (Fsp3) is 0.875. The predicted molar refractivity (Wildman–Crippen MR) is 44.2 cm³/mol. The van der Waals surface area contributed by atoms with Crippen LogP contribution in [0.5, 0.6) is 0 Å². The zero-order valence-electron chi connectivity index (χ0n) is 7.49. The van der Waals surface area contributed by atoms with Crippen molar-refractivity contribution in [2.24, 2.45) is 0 Å². The number of quaternary nitrogens is 1. The van der Waals surface area contributed by atoms with E-state index in [1.807, 2.05) is 7.05 Å². The quantitative estimate of drug-likeness (QED) is 0.622. The molecular weight excluding hydrogens is 158 g/mol. The van der Waals surface area contributed by atoms with Gasteiger partial charge in [0, 0.05) is 0 Å². The number of nitrogens with zero attached hydrogens (tertiary/aromatic N) is 1. The minimum Gasteiger partial charge on any atom is -0.870 e. The first-order chi connectivity index (χ1) is 5.12. The van der Waals surface area contributed by atoms with E-state index in [9.17, 15) is 4.79 Å². The number of carbonyl (C=O) groups is 1. The van der Waals surface area contributed by atoms with Crippen LogP contribution in [0.1, 0.15) is 19.3 Å². The molecule has 0 unspecified atom stereocenters. The van der Waals surface area contributed by atoms with Gasteiger partial charge in [0.05, 0.1) is 20.1 Å². The van der Waals surface area contributed by atoms with Crippen molar-refractivity contribution in [2.45, 2.75) is 19.3 Å². The third kappa shape index (κ3) is 3.19. The molecule has 0 aromatic carbocycles. The predicted octanol–water partition coefficient (Wildman–Crippen LogP) is 0.525. The van der Waals surface area contributed by atoms with Crippen LogP contribution in [-0.2, 0) is 4.79 Å². The molecule has 72 valence electrons. The zero-order valence-corrected chi connectivity index (χ0v) is 7.49. The maximum atomic E-state index is 10.5. The van der Waals surface area contributed by atoms with Crippen molar-refractivity contribution in [2.75, 3.05) is 26.7 Å². The number of likely N-dealkylation sites (tertiary alicyclic amines) is 1. The number of carboxylic acid groups (broad SMARTS) is 1. The van der Waals surface area contributed by atoms with Gasteiger partial charge in [-0.2, -0.15) is 0 Å². The second-order valence-corrected chi connectivity index (χ2v) is 3.68. The summed E-state index contributed by atoms with van der Waals surface area (Å²) in [5.41, 5.74) is 0. The van der Waals surface area contributed by atoms with Crippen LogP contribution in [0.15, 0.2) is 0 Å². The van der Waals surface area contributed by atoms with E-state index >= 15 is 0 Å². The van der Waals surface area contributed by atoms with E-state index < -0.39 is 5.97 Å². The van der Waals surface area contributed by atoms with Gasteiger partial charge in [0.1, 0.15) is 0 Å². The summed E-state index contributed by atoms with van der Waals surface area (Å²) in [6.45, 7) is 2.36. The molecule has 4 nitrogen and oxygen atoms in total. The third-order valence-corrected chi connectivity index (χ3v) is 2.41. The molecule has 12 heavy (non-hydrogen) atoms. The summed E-state index contributed by atoms with van der Waals surface area (Å²) in [5, 5.41) is 8.62. The number of rotatable bonds is 2. The molecule has 0 amide bonds. The van der Waals surface area contributed by atoms with E-state index in [1.54, 1.807) is 0 Å². The maximum Gasteiger partial charge on any atom is 0.359 e. The van der Waals surface area contributed by atoms with Gasteiger partial charge in [-0.25, -0.2) is 4.79 Å². The number of hydrogen-bond acceptors (Lipinski definition) is 2. The van der Waals surface area contributed by atoms with E-state index in [1.165, 1.54) is 19.3 Å². The molecule has 2 N–H and O–H groups in total. The fourth-order valence-electron chi connectivity index (χ4n) is 1.76. The molecule has 0 aromatic heterocycles. The lowest BCUT2D eigenvalue weighted by Crippen LogP contribution is -2.50. The number of hydrogen-bond donors (Lipinski definition) is 1. The first-order valence-corrected chi connectivity index (χ1v) is 4.18. The van der Waals surface area contributed by atoms with Crippen LogP contribution in [0.3, 0.4) is 0 Å². The second kappa shape index (κ2) is 4.42. The molecular formula is C8H17NO3. The number of likely N-dealkylation sites (N-methyl/N-ethyl adjacent to an activating group) is 1. The van der Waals surface area contributed by atoms with Gasteiger partial charge >= 0.3 is 5.97 Å². The van der Waals surface area contributed by atoms with E-state index in [-0.39, 0.29) is 5.48 Å². The van der Waals surface area contributed by atoms with Gasteiger partial charge in [-0.05, 0) is 19.3 Å². The Morgan fingerprint density at radius 2 is 1.83 bits per heavy atom. The third-order valence-electron chi connectivity index (χ3n) is 2.41. The van der Waals surface area contributed by atoms with Crippen LogP contribution in [0.4, 0.5) is 0 Å². The molecule has 0 radical (unpaired) electrons. The molecule has 1 aliphatic rings. The normalized spacial score (nSPS) is 21.1. The van der Waals surface area contributed by atoms with Gasteiger partial charge in [-0.15, -0.1) is 0 Å². The van der Waals surface area contributed by atoms with E-state index in [0.717, 1.165) is 17.6 Å².